The van der Waals surface area contributed by atoms with Crippen molar-refractivity contribution in [3.63, 3.8) is 0 Å². The number of aromatic nitrogens is 4. The first-order chi connectivity index (χ1) is 27.3. The van der Waals surface area contributed by atoms with E-state index in [-0.39, 0.29) is 0 Å². The molecule has 0 saturated heterocycles. The predicted molar refractivity (Wildman–Crippen MR) is 227 cm³/mol. The van der Waals surface area contributed by atoms with Crippen LogP contribution in [0.1, 0.15) is 0 Å². The standard InChI is InChI=1S/C51H34N4/c1-6-17-35(18-7-1)40-29-30-47-45(32-40)46-34-42(36-19-8-2-9-20-36)33-44(37-21-10-3-11-22-37)48(46)55(47)43-28-16-27-41(31-43)51-53-49(38-23-12-4-13-24-38)52-50(54-51)39-25-14-5-15-26-39/h1-34H. The Hall–Kier alpha value is -7.43. The lowest BCUT2D eigenvalue weighted by atomic mass is 9.95. The molecule has 0 amide bonds. The van der Waals surface area contributed by atoms with Crippen LogP contribution in [0.25, 0.3) is 95.0 Å². The Kier molecular flexibility index (Phi) is 8.12. The van der Waals surface area contributed by atoms with Crippen molar-refractivity contribution in [3.05, 3.63) is 206 Å². The monoisotopic (exact) mass is 702 g/mol. The minimum absolute atomic E-state index is 0.622. The summed E-state index contributed by atoms with van der Waals surface area (Å²) in [6, 6.07) is 72.4. The molecule has 8 aromatic carbocycles. The molecule has 10 aromatic rings. The number of benzene rings is 8. The van der Waals surface area contributed by atoms with Gasteiger partial charge in [0.1, 0.15) is 0 Å². The third-order valence-corrected chi connectivity index (χ3v) is 10.2. The van der Waals surface area contributed by atoms with Crippen LogP contribution in [-0.2, 0) is 0 Å². The fourth-order valence-electron chi connectivity index (χ4n) is 7.58. The van der Waals surface area contributed by atoms with Gasteiger partial charge in [-0.3, -0.25) is 0 Å². The zero-order chi connectivity index (χ0) is 36.6. The molecule has 0 fully saturated rings. The van der Waals surface area contributed by atoms with Gasteiger partial charge >= 0.3 is 0 Å². The first-order valence-corrected chi connectivity index (χ1v) is 18.5. The van der Waals surface area contributed by atoms with Crippen molar-refractivity contribution in [2.24, 2.45) is 0 Å². The second-order valence-corrected chi connectivity index (χ2v) is 13.7. The van der Waals surface area contributed by atoms with E-state index in [2.05, 4.69) is 150 Å². The highest BCUT2D eigenvalue weighted by atomic mass is 15.0. The van der Waals surface area contributed by atoms with Crippen molar-refractivity contribution in [1.29, 1.82) is 0 Å². The maximum Gasteiger partial charge on any atom is 0.164 e. The van der Waals surface area contributed by atoms with E-state index in [0.717, 1.165) is 44.5 Å². The summed E-state index contributed by atoms with van der Waals surface area (Å²) in [5, 5.41) is 2.38. The minimum Gasteiger partial charge on any atom is -0.309 e. The second-order valence-electron chi connectivity index (χ2n) is 13.7. The van der Waals surface area contributed by atoms with E-state index in [1.807, 2.05) is 60.7 Å². The molecule has 0 aliphatic carbocycles. The molecule has 4 heteroatoms. The smallest absolute Gasteiger partial charge is 0.164 e. The largest absolute Gasteiger partial charge is 0.309 e. The number of hydrogen-bond donors (Lipinski definition) is 0. The molecule has 0 aliphatic rings. The summed E-state index contributed by atoms with van der Waals surface area (Å²) in [6.07, 6.45) is 0. The van der Waals surface area contributed by atoms with Gasteiger partial charge in [-0.15, -0.1) is 0 Å². The van der Waals surface area contributed by atoms with E-state index in [0.29, 0.717) is 17.5 Å². The molecule has 0 N–H and O–H groups in total. The molecule has 2 aromatic heterocycles. The third kappa shape index (κ3) is 6.06. The maximum absolute atomic E-state index is 5.07. The molecule has 0 unspecified atom stereocenters. The highest BCUT2D eigenvalue weighted by molar-refractivity contribution is 6.16. The van der Waals surface area contributed by atoms with Crippen molar-refractivity contribution in [3.8, 4) is 73.2 Å². The molecule has 4 nitrogen and oxygen atoms in total. The van der Waals surface area contributed by atoms with E-state index in [4.69, 9.17) is 15.0 Å². The Morgan fingerprint density at radius 2 is 0.745 bits per heavy atom. The van der Waals surface area contributed by atoms with E-state index in [1.165, 1.54) is 33.0 Å². The molecule has 0 saturated carbocycles. The van der Waals surface area contributed by atoms with Crippen molar-refractivity contribution in [1.82, 2.24) is 19.5 Å². The van der Waals surface area contributed by atoms with E-state index in [1.54, 1.807) is 0 Å². The van der Waals surface area contributed by atoms with E-state index < -0.39 is 0 Å². The predicted octanol–water partition coefficient (Wildman–Crippen LogP) is 13.0. The fourth-order valence-corrected chi connectivity index (χ4v) is 7.58. The van der Waals surface area contributed by atoms with Crippen LogP contribution in [0.3, 0.4) is 0 Å². The van der Waals surface area contributed by atoms with Crippen LogP contribution in [0.5, 0.6) is 0 Å². The summed E-state index contributed by atoms with van der Waals surface area (Å²) in [5.74, 6) is 1.90. The van der Waals surface area contributed by atoms with Crippen LogP contribution in [-0.4, -0.2) is 19.5 Å². The van der Waals surface area contributed by atoms with Gasteiger partial charge in [-0.25, -0.2) is 15.0 Å². The lowest BCUT2D eigenvalue weighted by molar-refractivity contribution is 1.07. The quantitative estimate of drug-likeness (QED) is 0.166. The van der Waals surface area contributed by atoms with Gasteiger partial charge in [0.25, 0.3) is 0 Å². The maximum atomic E-state index is 5.07. The zero-order valence-corrected chi connectivity index (χ0v) is 29.9. The summed E-state index contributed by atoms with van der Waals surface area (Å²) in [4.78, 5) is 15.1. The van der Waals surface area contributed by atoms with Crippen molar-refractivity contribution in [2.45, 2.75) is 0 Å². The lowest BCUT2D eigenvalue weighted by Gasteiger charge is -2.15. The summed E-state index contributed by atoms with van der Waals surface area (Å²) >= 11 is 0. The fraction of sp³-hybridized carbons (Fsp3) is 0. The van der Waals surface area contributed by atoms with Gasteiger partial charge in [0.2, 0.25) is 0 Å². The molecular formula is C51H34N4. The first-order valence-electron chi connectivity index (χ1n) is 18.5. The second kappa shape index (κ2) is 13.8. The number of rotatable bonds is 7. The van der Waals surface area contributed by atoms with Crippen molar-refractivity contribution in [2.75, 3.05) is 0 Å². The Labute approximate surface area is 319 Å². The van der Waals surface area contributed by atoms with Crippen molar-refractivity contribution >= 4 is 21.8 Å². The van der Waals surface area contributed by atoms with Crippen LogP contribution in [0.4, 0.5) is 0 Å². The molecule has 258 valence electrons. The summed E-state index contributed by atoms with van der Waals surface area (Å²) in [5.41, 5.74) is 13.1. The SMILES string of the molecule is c1ccc(-c2ccc3c(c2)c2cc(-c4ccccc4)cc(-c4ccccc4)c2n3-c2cccc(-c3nc(-c4ccccc4)nc(-c4ccccc4)n3)c2)cc1. The Bertz CT molecular complexity index is 2880. The highest BCUT2D eigenvalue weighted by Crippen LogP contribution is 2.43. The normalized spacial score (nSPS) is 11.3. The van der Waals surface area contributed by atoms with Gasteiger partial charge in [-0.1, -0.05) is 170 Å². The summed E-state index contributed by atoms with van der Waals surface area (Å²) in [6.45, 7) is 0. The van der Waals surface area contributed by atoms with Gasteiger partial charge in [-0.05, 0) is 64.2 Å². The summed E-state index contributed by atoms with van der Waals surface area (Å²) < 4.78 is 2.41. The van der Waals surface area contributed by atoms with Gasteiger partial charge < -0.3 is 4.57 Å². The Morgan fingerprint density at radius 3 is 1.31 bits per heavy atom. The molecule has 0 bridgehead atoms. The molecule has 0 aliphatic heterocycles. The van der Waals surface area contributed by atoms with Crippen LogP contribution >= 0.6 is 0 Å². The molecule has 10 rings (SSSR count). The van der Waals surface area contributed by atoms with Crippen LogP contribution in [0, 0.1) is 0 Å². The number of nitrogens with zero attached hydrogens (tertiary/aromatic N) is 4. The average molecular weight is 703 g/mol. The van der Waals surface area contributed by atoms with Crippen LogP contribution in [0.2, 0.25) is 0 Å². The van der Waals surface area contributed by atoms with Gasteiger partial charge in [0.15, 0.2) is 17.5 Å². The highest BCUT2D eigenvalue weighted by Gasteiger charge is 2.20. The first kappa shape index (κ1) is 32.2. The number of hydrogen-bond acceptors (Lipinski definition) is 3. The van der Waals surface area contributed by atoms with Gasteiger partial charge in [0, 0.05) is 38.7 Å². The average Bonchev–Trinajstić information content (AvgIpc) is 3.61. The van der Waals surface area contributed by atoms with Gasteiger partial charge in [-0.2, -0.15) is 0 Å². The van der Waals surface area contributed by atoms with Crippen LogP contribution < -0.4 is 0 Å². The third-order valence-electron chi connectivity index (χ3n) is 10.2. The summed E-state index contributed by atoms with van der Waals surface area (Å²) in [7, 11) is 0. The zero-order valence-electron chi connectivity index (χ0n) is 29.9. The van der Waals surface area contributed by atoms with Gasteiger partial charge in [0.05, 0.1) is 11.0 Å². The Balaban J connectivity index is 1.24. The molecule has 0 radical (unpaired) electrons. The van der Waals surface area contributed by atoms with Crippen molar-refractivity contribution < 1.29 is 0 Å². The van der Waals surface area contributed by atoms with E-state index in [9.17, 15) is 0 Å². The lowest BCUT2D eigenvalue weighted by Crippen LogP contribution is -2.01. The molecule has 2 heterocycles. The molecule has 0 atom stereocenters. The minimum atomic E-state index is 0.622. The molecule has 0 spiro atoms. The van der Waals surface area contributed by atoms with Crippen LogP contribution in [0.15, 0.2) is 206 Å². The number of fused-ring (bicyclic) bond motifs is 3. The topological polar surface area (TPSA) is 43.6 Å². The molecule has 55 heavy (non-hydrogen) atoms. The van der Waals surface area contributed by atoms with E-state index >= 15 is 0 Å². The molecular weight excluding hydrogens is 669 g/mol. The Morgan fingerprint density at radius 1 is 0.291 bits per heavy atom.